The fourth-order valence-corrected chi connectivity index (χ4v) is 3.35. The van der Waals surface area contributed by atoms with Crippen molar-refractivity contribution in [2.24, 2.45) is 0 Å². The molecular weight excluding hydrogens is 321 g/mol. The smallest absolute Gasteiger partial charge is 0.209 e. The first-order valence-electron chi connectivity index (χ1n) is 6.56. The summed E-state index contributed by atoms with van der Waals surface area (Å²) in [5.74, 6) is 0.262. The standard InChI is InChI=1S/C15H12FN3OS2/c1-9(13(20)10-4-6-11(16)7-5-10)22-15-17-14(18-19-15)12-3-2-8-21-12/h2-9H,1H3,(H,17,18,19). The number of Topliss-reactive ketones (excluding diaryl/α,β-unsaturated/α-hetero) is 1. The predicted octanol–water partition coefficient (Wildman–Crippen LogP) is 4.04. The lowest BCUT2D eigenvalue weighted by molar-refractivity contribution is 0.0994. The zero-order chi connectivity index (χ0) is 15.5. The van der Waals surface area contributed by atoms with Gasteiger partial charge in [0.25, 0.3) is 0 Å². The number of rotatable bonds is 5. The van der Waals surface area contributed by atoms with Crippen LogP contribution in [0.1, 0.15) is 17.3 Å². The van der Waals surface area contributed by atoms with Gasteiger partial charge in [0.15, 0.2) is 11.6 Å². The summed E-state index contributed by atoms with van der Waals surface area (Å²) in [6.07, 6.45) is 0. The number of halogens is 1. The van der Waals surface area contributed by atoms with E-state index in [9.17, 15) is 9.18 Å². The van der Waals surface area contributed by atoms with E-state index in [1.165, 1.54) is 36.0 Å². The highest BCUT2D eigenvalue weighted by Gasteiger charge is 2.19. The summed E-state index contributed by atoms with van der Waals surface area (Å²) in [6, 6.07) is 9.44. The van der Waals surface area contributed by atoms with Crippen LogP contribution in [-0.2, 0) is 0 Å². The van der Waals surface area contributed by atoms with Gasteiger partial charge >= 0.3 is 0 Å². The second-order valence-electron chi connectivity index (χ2n) is 4.58. The third-order valence-electron chi connectivity index (χ3n) is 3.00. The van der Waals surface area contributed by atoms with E-state index in [1.54, 1.807) is 18.3 Å². The van der Waals surface area contributed by atoms with Crippen molar-refractivity contribution in [3.05, 3.63) is 53.2 Å². The van der Waals surface area contributed by atoms with E-state index in [-0.39, 0.29) is 16.9 Å². The summed E-state index contributed by atoms with van der Waals surface area (Å²) >= 11 is 2.84. The number of nitrogens with one attached hydrogen (secondary N) is 1. The van der Waals surface area contributed by atoms with Gasteiger partial charge in [-0.15, -0.1) is 16.4 Å². The number of hydrogen-bond donors (Lipinski definition) is 1. The van der Waals surface area contributed by atoms with Gasteiger partial charge in [-0.05, 0) is 42.6 Å². The van der Waals surface area contributed by atoms with Gasteiger partial charge in [0.05, 0.1) is 10.1 Å². The molecule has 0 amide bonds. The summed E-state index contributed by atoms with van der Waals surface area (Å²) < 4.78 is 12.9. The average molecular weight is 333 g/mol. The van der Waals surface area contributed by atoms with Crippen LogP contribution in [0.15, 0.2) is 46.9 Å². The van der Waals surface area contributed by atoms with Crippen molar-refractivity contribution in [3.8, 4) is 10.7 Å². The van der Waals surface area contributed by atoms with E-state index in [0.717, 1.165) is 4.88 Å². The molecule has 0 saturated heterocycles. The first kappa shape index (κ1) is 14.9. The van der Waals surface area contributed by atoms with E-state index >= 15 is 0 Å². The monoisotopic (exact) mass is 333 g/mol. The molecule has 0 aliphatic rings. The molecule has 0 radical (unpaired) electrons. The fourth-order valence-electron chi connectivity index (χ4n) is 1.88. The molecule has 0 bridgehead atoms. The van der Waals surface area contributed by atoms with E-state index in [0.29, 0.717) is 16.5 Å². The molecule has 7 heteroatoms. The van der Waals surface area contributed by atoms with Crippen LogP contribution < -0.4 is 0 Å². The van der Waals surface area contributed by atoms with Crippen molar-refractivity contribution in [2.75, 3.05) is 0 Å². The first-order chi connectivity index (χ1) is 10.6. The Morgan fingerprint density at radius 1 is 1.32 bits per heavy atom. The molecule has 2 heterocycles. The van der Waals surface area contributed by atoms with Crippen LogP contribution in [0.3, 0.4) is 0 Å². The number of H-pyrrole nitrogens is 1. The van der Waals surface area contributed by atoms with Crippen LogP contribution in [0.25, 0.3) is 10.7 Å². The highest BCUT2D eigenvalue weighted by atomic mass is 32.2. The quantitative estimate of drug-likeness (QED) is 0.565. The van der Waals surface area contributed by atoms with Crippen LogP contribution in [0.4, 0.5) is 4.39 Å². The van der Waals surface area contributed by atoms with Crippen LogP contribution in [0, 0.1) is 5.82 Å². The minimum Gasteiger partial charge on any atom is -0.293 e. The number of carbonyl (C=O) groups is 1. The molecule has 0 aliphatic carbocycles. The molecule has 0 aliphatic heterocycles. The van der Waals surface area contributed by atoms with Gasteiger partial charge in [0.2, 0.25) is 5.16 Å². The molecular formula is C15H12FN3OS2. The molecule has 1 aromatic carbocycles. The Balaban J connectivity index is 1.70. The Kier molecular flexibility index (Phi) is 4.35. The van der Waals surface area contributed by atoms with Gasteiger partial charge in [-0.1, -0.05) is 17.8 Å². The normalized spacial score (nSPS) is 12.3. The van der Waals surface area contributed by atoms with Gasteiger partial charge in [-0.25, -0.2) is 9.37 Å². The van der Waals surface area contributed by atoms with Crippen molar-refractivity contribution in [1.29, 1.82) is 0 Å². The van der Waals surface area contributed by atoms with E-state index in [4.69, 9.17) is 0 Å². The van der Waals surface area contributed by atoms with E-state index in [2.05, 4.69) is 15.2 Å². The highest BCUT2D eigenvalue weighted by Crippen LogP contribution is 2.26. The van der Waals surface area contributed by atoms with Gasteiger partial charge in [-0.2, -0.15) is 0 Å². The average Bonchev–Trinajstić information content (AvgIpc) is 3.18. The van der Waals surface area contributed by atoms with Crippen LogP contribution >= 0.6 is 23.1 Å². The predicted molar refractivity (Wildman–Crippen MR) is 85.7 cm³/mol. The third-order valence-corrected chi connectivity index (χ3v) is 4.84. The number of aromatic nitrogens is 3. The molecule has 0 spiro atoms. The maximum atomic E-state index is 12.9. The Morgan fingerprint density at radius 2 is 2.09 bits per heavy atom. The topological polar surface area (TPSA) is 58.6 Å². The largest absolute Gasteiger partial charge is 0.293 e. The lowest BCUT2D eigenvalue weighted by atomic mass is 10.1. The summed E-state index contributed by atoms with van der Waals surface area (Å²) in [5.41, 5.74) is 0.482. The first-order valence-corrected chi connectivity index (χ1v) is 8.32. The molecule has 3 rings (SSSR count). The molecule has 112 valence electrons. The summed E-state index contributed by atoms with van der Waals surface area (Å²) in [7, 11) is 0. The van der Waals surface area contributed by atoms with E-state index in [1.807, 2.05) is 17.5 Å². The third kappa shape index (κ3) is 3.26. The number of nitrogens with zero attached hydrogens (tertiary/aromatic N) is 2. The molecule has 1 atom stereocenters. The van der Waals surface area contributed by atoms with Gasteiger partial charge in [0.1, 0.15) is 5.82 Å². The molecule has 22 heavy (non-hydrogen) atoms. The number of thioether (sulfide) groups is 1. The summed E-state index contributed by atoms with van der Waals surface area (Å²) in [4.78, 5) is 17.7. The molecule has 0 fully saturated rings. The van der Waals surface area contributed by atoms with Crippen molar-refractivity contribution < 1.29 is 9.18 Å². The Bertz CT molecular complexity index is 768. The molecule has 1 N–H and O–H groups in total. The second-order valence-corrected chi connectivity index (χ2v) is 6.83. The Morgan fingerprint density at radius 3 is 2.77 bits per heavy atom. The summed E-state index contributed by atoms with van der Waals surface area (Å²) in [6.45, 7) is 1.79. The van der Waals surface area contributed by atoms with Crippen molar-refractivity contribution >= 4 is 28.9 Å². The maximum absolute atomic E-state index is 12.9. The number of benzene rings is 1. The Labute approximate surface area is 134 Å². The van der Waals surface area contributed by atoms with Crippen LogP contribution in [0.2, 0.25) is 0 Å². The van der Waals surface area contributed by atoms with E-state index < -0.39 is 0 Å². The van der Waals surface area contributed by atoms with Gasteiger partial charge in [0, 0.05) is 5.56 Å². The van der Waals surface area contributed by atoms with Crippen molar-refractivity contribution in [2.45, 2.75) is 17.3 Å². The number of carbonyl (C=O) groups excluding carboxylic acids is 1. The zero-order valence-electron chi connectivity index (χ0n) is 11.6. The number of hydrogen-bond acceptors (Lipinski definition) is 5. The molecule has 2 aromatic heterocycles. The molecule has 1 unspecified atom stereocenters. The van der Waals surface area contributed by atoms with Crippen molar-refractivity contribution in [1.82, 2.24) is 15.2 Å². The number of ketones is 1. The lowest BCUT2D eigenvalue weighted by Gasteiger charge is -2.07. The van der Waals surface area contributed by atoms with Crippen LogP contribution in [-0.4, -0.2) is 26.2 Å². The second kappa shape index (κ2) is 6.41. The lowest BCUT2D eigenvalue weighted by Crippen LogP contribution is -2.13. The number of thiophene rings is 1. The molecule has 4 nitrogen and oxygen atoms in total. The fraction of sp³-hybridized carbons (Fsp3) is 0.133. The molecule has 3 aromatic rings. The minimum absolute atomic E-state index is 0.0764. The zero-order valence-corrected chi connectivity index (χ0v) is 13.2. The SMILES string of the molecule is CC(Sc1n[nH]c(-c2cccs2)n1)C(=O)c1ccc(F)cc1. The minimum atomic E-state index is -0.355. The maximum Gasteiger partial charge on any atom is 0.209 e. The summed E-state index contributed by atoms with van der Waals surface area (Å²) in [5, 5.41) is 9.12. The molecule has 0 saturated carbocycles. The van der Waals surface area contributed by atoms with Gasteiger partial charge < -0.3 is 0 Å². The Hall–Kier alpha value is -1.99. The van der Waals surface area contributed by atoms with Gasteiger partial charge in [-0.3, -0.25) is 9.89 Å². The number of aromatic amines is 1. The van der Waals surface area contributed by atoms with Crippen LogP contribution in [0.5, 0.6) is 0 Å². The van der Waals surface area contributed by atoms with Crippen molar-refractivity contribution in [3.63, 3.8) is 0 Å². The highest BCUT2D eigenvalue weighted by molar-refractivity contribution is 8.00.